The van der Waals surface area contributed by atoms with Gasteiger partial charge >= 0.3 is 0 Å². The summed E-state index contributed by atoms with van der Waals surface area (Å²) in [5.41, 5.74) is 0.803. The molecule has 2 heterocycles. The molecular weight excluding hydrogens is 303 g/mol. The van der Waals surface area contributed by atoms with E-state index in [1.165, 1.54) is 41.2 Å². The van der Waals surface area contributed by atoms with Crippen molar-refractivity contribution in [2.45, 2.75) is 20.4 Å². The topological polar surface area (TPSA) is 52.0 Å². The SMILES string of the molecule is CC(=O)Cn1cc(-c2csc(C)n2)c(=O)c2cccc(F)c21. The van der Waals surface area contributed by atoms with Crippen molar-refractivity contribution in [3.63, 3.8) is 0 Å². The van der Waals surface area contributed by atoms with Crippen molar-refractivity contribution >= 4 is 28.0 Å². The molecule has 0 aliphatic carbocycles. The number of thiazole rings is 1. The molecule has 0 aliphatic rings. The molecule has 0 fully saturated rings. The number of carbonyl (C=O) groups excluding carboxylic acids is 1. The normalized spacial score (nSPS) is 11.0. The van der Waals surface area contributed by atoms with Gasteiger partial charge < -0.3 is 4.57 Å². The van der Waals surface area contributed by atoms with Crippen LogP contribution in [0.15, 0.2) is 34.6 Å². The third kappa shape index (κ3) is 2.46. The molecule has 0 saturated carbocycles. The van der Waals surface area contributed by atoms with Gasteiger partial charge in [0.25, 0.3) is 0 Å². The molecule has 2 aromatic heterocycles. The van der Waals surface area contributed by atoms with Crippen molar-refractivity contribution in [1.82, 2.24) is 9.55 Å². The Morgan fingerprint density at radius 1 is 1.41 bits per heavy atom. The number of Topliss-reactive ketones (excluding diaryl/α,β-unsaturated/α-hetero) is 1. The highest BCUT2D eigenvalue weighted by Gasteiger charge is 2.16. The first-order chi connectivity index (χ1) is 10.5. The highest BCUT2D eigenvalue weighted by Crippen LogP contribution is 2.23. The molecule has 3 aromatic rings. The van der Waals surface area contributed by atoms with Crippen LogP contribution in [0.25, 0.3) is 22.2 Å². The zero-order valence-electron chi connectivity index (χ0n) is 12.1. The van der Waals surface area contributed by atoms with Gasteiger partial charge in [0.05, 0.1) is 28.3 Å². The monoisotopic (exact) mass is 316 g/mol. The second-order valence-electron chi connectivity index (χ2n) is 5.09. The van der Waals surface area contributed by atoms with E-state index in [2.05, 4.69) is 4.98 Å². The number of hydrogen-bond donors (Lipinski definition) is 0. The van der Waals surface area contributed by atoms with Crippen LogP contribution in [-0.2, 0) is 11.3 Å². The first-order valence-corrected chi connectivity index (χ1v) is 7.59. The molecule has 0 unspecified atom stereocenters. The van der Waals surface area contributed by atoms with Gasteiger partial charge in [-0.2, -0.15) is 0 Å². The second-order valence-corrected chi connectivity index (χ2v) is 6.15. The van der Waals surface area contributed by atoms with Crippen molar-refractivity contribution in [1.29, 1.82) is 0 Å². The number of fused-ring (bicyclic) bond motifs is 1. The van der Waals surface area contributed by atoms with Gasteiger partial charge in [0, 0.05) is 17.0 Å². The molecule has 4 nitrogen and oxygen atoms in total. The Hall–Kier alpha value is -2.34. The minimum absolute atomic E-state index is 0.00777. The number of nitrogens with zero attached hydrogens (tertiary/aromatic N) is 2. The van der Waals surface area contributed by atoms with Gasteiger partial charge in [-0.15, -0.1) is 11.3 Å². The lowest BCUT2D eigenvalue weighted by Gasteiger charge is -2.12. The summed E-state index contributed by atoms with van der Waals surface area (Å²) in [5, 5.41) is 2.88. The third-order valence-electron chi connectivity index (χ3n) is 3.34. The summed E-state index contributed by atoms with van der Waals surface area (Å²) in [6.45, 7) is 3.29. The van der Waals surface area contributed by atoms with E-state index < -0.39 is 5.82 Å². The molecule has 112 valence electrons. The van der Waals surface area contributed by atoms with Crippen LogP contribution >= 0.6 is 11.3 Å². The van der Waals surface area contributed by atoms with Crippen LogP contribution in [-0.4, -0.2) is 15.3 Å². The number of para-hydroxylation sites is 1. The number of benzene rings is 1. The van der Waals surface area contributed by atoms with Crippen LogP contribution < -0.4 is 5.43 Å². The molecule has 0 amide bonds. The molecule has 0 N–H and O–H groups in total. The van der Waals surface area contributed by atoms with Gasteiger partial charge in [0.15, 0.2) is 5.43 Å². The van der Waals surface area contributed by atoms with E-state index in [0.717, 1.165) is 5.01 Å². The lowest BCUT2D eigenvalue weighted by molar-refractivity contribution is -0.117. The zero-order chi connectivity index (χ0) is 15.9. The van der Waals surface area contributed by atoms with E-state index >= 15 is 0 Å². The predicted molar refractivity (Wildman–Crippen MR) is 84.7 cm³/mol. The van der Waals surface area contributed by atoms with Gasteiger partial charge in [-0.25, -0.2) is 9.37 Å². The summed E-state index contributed by atoms with van der Waals surface area (Å²) < 4.78 is 15.6. The molecule has 22 heavy (non-hydrogen) atoms. The number of aromatic nitrogens is 2. The minimum atomic E-state index is -0.517. The first-order valence-electron chi connectivity index (χ1n) is 6.71. The maximum Gasteiger partial charge on any atom is 0.198 e. The number of carbonyl (C=O) groups is 1. The Morgan fingerprint density at radius 3 is 2.82 bits per heavy atom. The quantitative estimate of drug-likeness (QED) is 0.746. The summed E-state index contributed by atoms with van der Waals surface area (Å²) in [6, 6.07) is 4.35. The number of halogens is 1. The van der Waals surface area contributed by atoms with Crippen LogP contribution in [0.5, 0.6) is 0 Å². The van der Waals surface area contributed by atoms with E-state index in [4.69, 9.17) is 0 Å². The smallest absolute Gasteiger partial charge is 0.198 e. The van der Waals surface area contributed by atoms with Gasteiger partial charge in [-0.05, 0) is 26.0 Å². The Morgan fingerprint density at radius 2 is 2.18 bits per heavy atom. The van der Waals surface area contributed by atoms with Crippen LogP contribution in [0.3, 0.4) is 0 Å². The summed E-state index contributed by atoms with van der Waals surface area (Å²) in [5.74, 6) is -0.634. The molecule has 0 radical (unpaired) electrons. The lowest BCUT2D eigenvalue weighted by atomic mass is 10.1. The standard InChI is InChI=1S/C16H13FN2O2S/c1-9(20)6-19-7-12(14-8-22-10(2)18-14)16(21)11-4-3-5-13(17)15(11)19/h3-5,7-8H,6H2,1-2H3. The average molecular weight is 316 g/mol. The van der Waals surface area contributed by atoms with Crippen molar-refractivity contribution in [3.05, 3.63) is 50.8 Å². The molecule has 0 atom stereocenters. The number of ketones is 1. The van der Waals surface area contributed by atoms with Crippen LogP contribution in [0.2, 0.25) is 0 Å². The van der Waals surface area contributed by atoms with E-state index in [1.54, 1.807) is 11.4 Å². The van der Waals surface area contributed by atoms with Crippen LogP contribution in [0.4, 0.5) is 4.39 Å². The number of rotatable bonds is 3. The number of aryl methyl sites for hydroxylation is 1. The van der Waals surface area contributed by atoms with E-state index in [0.29, 0.717) is 11.3 Å². The largest absolute Gasteiger partial charge is 0.337 e. The fourth-order valence-corrected chi connectivity index (χ4v) is 3.06. The highest BCUT2D eigenvalue weighted by atomic mass is 32.1. The van der Waals surface area contributed by atoms with Crippen molar-refractivity contribution in [3.8, 4) is 11.3 Å². The first kappa shape index (κ1) is 14.6. The Kier molecular flexibility index (Phi) is 3.62. The molecule has 0 bridgehead atoms. The Bertz CT molecular complexity index is 943. The van der Waals surface area contributed by atoms with Crippen molar-refractivity contribution < 1.29 is 9.18 Å². The second kappa shape index (κ2) is 5.46. The van der Waals surface area contributed by atoms with E-state index in [1.807, 2.05) is 6.92 Å². The van der Waals surface area contributed by atoms with Gasteiger partial charge in [0.1, 0.15) is 11.6 Å². The maximum atomic E-state index is 14.1. The molecule has 3 rings (SSSR count). The van der Waals surface area contributed by atoms with Gasteiger partial charge in [-0.3, -0.25) is 9.59 Å². The lowest BCUT2D eigenvalue weighted by Crippen LogP contribution is -2.16. The third-order valence-corrected chi connectivity index (χ3v) is 4.11. The van der Waals surface area contributed by atoms with Gasteiger partial charge in [0.2, 0.25) is 0 Å². The molecule has 0 spiro atoms. The molecule has 0 saturated heterocycles. The van der Waals surface area contributed by atoms with Crippen molar-refractivity contribution in [2.24, 2.45) is 0 Å². The summed E-state index contributed by atoms with van der Waals surface area (Å²) in [4.78, 5) is 28.4. The van der Waals surface area contributed by atoms with E-state index in [-0.39, 0.29) is 28.7 Å². The Balaban J connectivity index is 2.38. The number of pyridine rings is 1. The molecule has 6 heteroatoms. The van der Waals surface area contributed by atoms with E-state index in [9.17, 15) is 14.0 Å². The summed E-state index contributed by atoms with van der Waals surface area (Å²) in [6.07, 6.45) is 1.52. The Labute approximate surface area is 129 Å². The average Bonchev–Trinajstić information content (AvgIpc) is 2.88. The minimum Gasteiger partial charge on any atom is -0.337 e. The summed E-state index contributed by atoms with van der Waals surface area (Å²) >= 11 is 1.44. The summed E-state index contributed by atoms with van der Waals surface area (Å²) in [7, 11) is 0. The zero-order valence-corrected chi connectivity index (χ0v) is 12.9. The molecular formula is C16H13FN2O2S. The fraction of sp³-hybridized carbons (Fsp3) is 0.188. The predicted octanol–water partition coefficient (Wildman–Crippen LogP) is 3.16. The maximum absolute atomic E-state index is 14.1. The molecule has 1 aromatic carbocycles. The van der Waals surface area contributed by atoms with Crippen molar-refractivity contribution in [2.75, 3.05) is 0 Å². The van der Waals surface area contributed by atoms with Crippen LogP contribution in [0.1, 0.15) is 11.9 Å². The van der Waals surface area contributed by atoms with Crippen LogP contribution in [0, 0.1) is 12.7 Å². The molecule has 0 aliphatic heterocycles. The fourth-order valence-electron chi connectivity index (χ4n) is 2.45. The van der Waals surface area contributed by atoms with Gasteiger partial charge in [-0.1, -0.05) is 6.07 Å². The number of hydrogen-bond acceptors (Lipinski definition) is 4. The highest BCUT2D eigenvalue weighted by molar-refractivity contribution is 7.09.